The zero-order chi connectivity index (χ0) is 20.3. The summed E-state index contributed by atoms with van der Waals surface area (Å²) in [7, 11) is -3.75. The molecule has 0 radical (unpaired) electrons. The van der Waals surface area contributed by atoms with Gasteiger partial charge in [0.05, 0.1) is 10.6 Å². The Hall–Kier alpha value is -3.31. The van der Waals surface area contributed by atoms with E-state index < -0.39 is 16.1 Å². The van der Waals surface area contributed by atoms with Gasteiger partial charge in [-0.15, -0.1) is 0 Å². The number of carbonyl (C=O) groups is 1. The molecule has 1 aromatic carbocycles. The second-order valence-electron chi connectivity index (χ2n) is 5.83. The van der Waals surface area contributed by atoms with Crippen LogP contribution in [-0.4, -0.2) is 41.1 Å². The number of rotatable bonds is 6. The van der Waals surface area contributed by atoms with E-state index in [2.05, 4.69) is 20.3 Å². The number of primary sulfonamides is 1. The Morgan fingerprint density at radius 2 is 1.89 bits per heavy atom. The van der Waals surface area contributed by atoms with Crippen molar-refractivity contribution in [1.82, 2.24) is 15.0 Å². The first-order valence-electron chi connectivity index (χ1n) is 8.27. The molecule has 0 saturated carbocycles. The first kappa shape index (κ1) is 19.5. The van der Waals surface area contributed by atoms with Gasteiger partial charge in [-0.05, 0) is 24.6 Å². The summed E-state index contributed by atoms with van der Waals surface area (Å²) in [6.07, 6.45) is 1.87. The number of benzene rings is 1. The third kappa shape index (κ3) is 4.15. The highest BCUT2D eigenvalue weighted by Gasteiger charge is 2.17. The highest BCUT2D eigenvalue weighted by molar-refractivity contribution is 7.89. The molecule has 2 heterocycles. The Morgan fingerprint density at radius 3 is 2.50 bits per heavy atom. The predicted molar refractivity (Wildman–Crippen MR) is 104 cm³/mol. The van der Waals surface area contributed by atoms with Crippen LogP contribution in [0.5, 0.6) is 0 Å². The topological polar surface area (TPSA) is 151 Å². The van der Waals surface area contributed by atoms with Crippen LogP contribution in [0, 0.1) is 0 Å². The number of hydrogen-bond donors (Lipinski definition) is 3. The fourth-order valence-corrected chi connectivity index (χ4v) is 3.12. The smallest absolute Gasteiger partial charge is 0.413 e. The number of fused-ring (bicyclic) bond motifs is 1. The van der Waals surface area contributed by atoms with Crippen LogP contribution in [-0.2, 0) is 16.6 Å². The lowest BCUT2D eigenvalue weighted by Crippen LogP contribution is -2.29. The molecule has 2 aromatic heterocycles. The molecule has 3 rings (SSSR count). The van der Waals surface area contributed by atoms with Gasteiger partial charge in [-0.3, -0.25) is 4.90 Å². The van der Waals surface area contributed by atoms with Crippen LogP contribution < -0.4 is 15.4 Å². The van der Waals surface area contributed by atoms with Gasteiger partial charge in [0.2, 0.25) is 10.0 Å². The molecule has 0 aliphatic rings. The van der Waals surface area contributed by atoms with Gasteiger partial charge >= 0.3 is 6.09 Å². The summed E-state index contributed by atoms with van der Waals surface area (Å²) in [6.45, 7) is 2.28. The Morgan fingerprint density at radius 1 is 1.21 bits per heavy atom. The number of anilines is 2. The maximum Gasteiger partial charge on any atom is 0.413 e. The number of nitrogens with zero attached hydrogens (tertiary/aromatic N) is 4. The summed E-state index contributed by atoms with van der Waals surface area (Å²) in [4.78, 5) is 25.3. The largest absolute Gasteiger partial charge is 0.465 e. The van der Waals surface area contributed by atoms with Gasteiger partial charge in [-0.25, -0.2) is 33.3 Å². The summed E-state index contributed by atoms with van der Waals surface area (Å²) in [5.74, 6) is 0.232. The third-order valence-corrected chi connectivity index (χ3v) is 4.92. The van der Waals surface area contributed by atoms with Crippen molar-refractivity contribution < 1.29 is 18.3 Å². The highest BCUT2D eigenvalue weighted by Crippen LogP contribution is 2.25. The molecular formula is C17H18N6O4S. The molecule has 0 spiro atoms. The molecule has 11 heteroatoms. The molecule has 0 fully saturated rings. The maximum absolute atomic E-state index is 11.4. The summed E-state index contributed by atoms with van der Waals surface area (Å²) >= 11 is 0. The first-order valence-corrected chi connectivity index (χ1v) is 9.82. The standard InChI is InChI=1S/C17H18N6O4S/c1-2-23(17(24)25)14-9-13(15-16(22-14)20-8-7-19-15)21-10-11-3-5-12(6-4-11)28(18,26)27/h3-9H,2,10H2,1H3,(H,24,25)(H2,18,26,27)(H,20,21,22). The molecule has 3 aromatic rings. The fraction of sp³-hybridized carbons (Fsp3) is 0.176. The van der Waals surface area contributed by atoms with Crippen molar-refractivity contribution in [2.75, 3.05) is 16.8 Å². The van der Waals surface area contributed by atoms with Gasteiger partial charge in [0.25, 0.3) is 0 Å². The van der Waals surface area contributed by atoms with Crippen molar-refractivity contribution in [2.24, 2.45) is 5.14 Å². The molecule has 1 amide bonds. The highest BCUT2D eigenvalue weighted by atomic mass is 32.2. The number of carboxylic acid groups (broad SMARTS) is 1. The predicted octanol–water partition coefficient (Wildman–Crippen LogP) is 1.79. The Labute approximate surface area is 161 Å². The lowest BCUT2D eigenvalue weighted by Gasteiger charge is -2.18. The van der Waals surface area contributed by atoms with Gasteiger partial charge < -0.3 is 10.4 Å². The quantitative estimate of drug-likeness (QED) is 0.564. The molecule has 0 aliphatic carbocycles. The van der Waals surface area contributed by atoms with E-state index in [4.69, 9.17) is 5.14 Å². The number of nitrogens with one attached hydrogen (secondary N) is 1. The lowest BCUT2D eigenvalue weighted by molar-refractivity contribution is 0.202. The van der Waals surface area contributed by atoms with E-state index in [0.29, 0.717) is 23.4 Å². The van der Waals surface area contributed by atoms with Crippen molar-refractivity contribution in [2.45, 2.75) is 18.4 Å². The number of amides is 1. The molecule has 0 atom stereocenters. The zero-order valence-electron chi connectivity index (χ0n) is 14.9. The van der Waals surface area contributed by atoms with Crippen LogP contribution in [0.15, 0.2) is 47.6 Å². The first-order chi connectivity index (χ1) is 13.3. The minimum Gasteiger partial charge on any atom is -0.465 e. The number of hydrogen-bond acceptors (Lipinski definition) is 7. The van der Waals surface area contributed by atoms with Gasteiger partial charge in [-0.1, -0.05) is 12.1 Å². The van der Waals surface area contributed by atoms with E-state index >= 15 is 0 Å². The molecule has 4 N–H and O–H groups in total. The zero-order valence-corrected chi connectivity index (χ0v) is 15.7. The molecular weight excluding hydrogens is 384 g/mol. The summed E-state index contributed by atoms with van der Waals surface area (Å²) in [5.41, 5.74) is 2.16. The van der Waals surface area contributed by atoms with Crippen molar-refractivity contribution in [3.8, 4) is 0 Å². The minimum atomic E-state index is -3.75. The second kappa shape index (κ2) is 7.74. The van der Waals surface area contributed by atoms with Crippen molar-refractivity contribution in [3.05, 3.63) is 48.3 Å². The summed E-state index contributed by atoms with van der Waals surface area (Å²) in [6, 6.07) is 7.71. The van der Waals surface area contributed by atoms with Gasteiger partial charge in [0.1, 0.15) is 11.3 Å². The van der Waals surface area contributed by atoms with E-state index in [1.54, 1.807) is 25.1 Å². The Balaban J connectivity index is 1.92. The van der Waals surface area contributed by atoms with Crippen molar-refractivity contribution in [1.29, 1.82) is 0 Å². The van der Waals surface area contributed by atoms with Crippen LogP contribution in [0.4, 0.5) is 16.3 Å². The molecule has 0 saturated heterocycles. The van der Waals surface area contributed by atoms with Crippen LogP contribution in [0.1, 0.15) is 12.5 Å². The van der Waals surface area contributed by atoms with Crippen LogP contribution in [0.2, 0.25) is 0 Å². The van der Waals surface area contributed by atoms with Crippen molar-refractivity contribution >= 4 is 38.8 Å². The molecule has 146 valence electrons. The Bertz CT molecular complexity index is 1120. The molecule has 0 aliphatic heterocycles. The van der Waals surface area contributed by atoms with E-state index in [0.717, 1.165) is 10.5 Å². The van der Waals surface area contributed by atoms with Gasteiger partial charge in [0.15, 0.2) is 5.65 Å². The van der Waals surface area contributed by atoms with Crippen LogP contribution >= 0.6 is 0 Å². The van der Waals surface area contributed by atoms with E-state index in [1.165, 1.54) is 24.5 Å². The molecule has 0 unspecified atom stereocenters. The van der Waals surface area contributed by atoms with E-state index in [-0.39, 0.29) is 17.3 Å². The Kier molecular flexibility index (Phi) is 5.38. The summed E-state index contributed by atoms with van der Waals surface area (Å²) in [5, 5.41) is 17.6. The van der Waals surface area contributed by atoms with E-state index in [1.807, 2.05) is 0 Å². The average Bonchev–Trinajstić information content (AvgIpc) is 2.66. The number of pyridine rings is 1. The van der Waals surface area contributed by atoms with Crippen LogP contribution in [0.3, 0.4) is 0 Å². The third-order valence-electron chi connectivity index (χ3n) is 3.99. The van der Waals surface area contributed by atoms with Gasteiger partial charge in [0, 0.05) is 31.5 Å². The van der Waals surface area contributed by atoms with Crippen molar-refractivity contribution in [3.63, 3.8) is 0 Å². The fourth-order valence-electron chi connectivity index (χ4n) is 2.60. The molecule has 0 bridgehead atoms. The minimum absolute atomic E-state index is 0.0267. The monoisotopic (exact) mass is 402 g/mol. The van der Waals surface area contributed by atoms with Crippen LogP contribution in [0.25, 0.3) is 11.2 Å². The maximum atomic E-state index is 11.4. The number of nitrogens with two attached hydrogens (primary N) is 1. The van der Waals surface area contributed by atoms with Gasteiger partial charge in [-0.2, -0.15) is 0 Å². The average molecular weight is 402 g/mol. The lowest BCUT2D eigenvalue weighted by atomic mass is 10.2. The number of sulfonamides is 1. The normalized spacial score (nSPS) is 11.4. The SMILES string of the molecule is CCN(C(=O)O)c1cc(NCc2ccc(S(N)(=O)=O)cc2)c2nccnc2n1. The second-order valence-corrected chi connectivity index (χ2v) is 7.39. The summed E-state index contributed by atoms with van der Waals surface area (Å²) < 4.78 is 22.7. The molecule has 28 heavy (non-hydrogen) atoms. The number of aromatic nitrogens is 3. The molecule has 10 nitrogen and oxygen atoms in total. The van der Waals surface area contributed by atoms with E-state index in [9.17, 15) is 18.3 Å².